The Balaban J connectivity index is 1.28. The van der Waals surface area contributed by atoms with Crippen molar-refractivity contribution in [3.05, 3.63) is 54.2 Å². The van der Waals surface area contributed by atoms with Crippen molar-refractivity contribution in [3.63, 3.8) is 0 Å². The third kappa shape index (κ3) is 5.72. The highest BCUT2D eigenvalue weighted by Gasteiger charge is 2.61. The monoisotopic (exact) mass is 537 g/mol. The number of likely N-dealkylation sites (N-methyl/N-ethyl adjacent to an activating group) is 1. The highest BCUT2D eigenvalue weighted by Crippen LogP contribution is 2.54. The number of amides is 3. The second kappa shape index (κ2) is 10.7. The van der Waals surface area contributed by atoms with Gasteiger partial charge < -0.3 is 24.7 Å². The fraction of sp³-hybridized carbons (Fsp3) is 0.586. The lowest BCUT2D eigenvalue weighted by Gasteiger charge is -2.51. The zero-order valence-electron chi connectivity index (χ0n) is 23.2. The van der Waals surface area contributed by atoms with Crippen molar-refractivity contribution >= 4 is 17.7 Å². The van der Waals surface area contributed by atoms with E-state index < -0.39 is 12.1 Å². The fourth-order valence-electron chi connectivity index (χ4n) is 6.10. The van der Waals surface area contributed by atoms with Gasteiger partial charge in [-0.25, -0.2) is 4.98 Å². The summed E-state index contributed by atoms with van der Waals surface area (Å²) in [7, 11) is 1.55. The normalized spacial score (nSPS) is 24.6. The van der Waals surface area contributed by atoms with Gasteiger partial charge in [-0.2, -0.15) is 0 Å². The molecule has 1 aromatic carbocycles. The van der Waals surface area contributed by atoms with Crippen LogP contribution >= 0.6 is 0 Å². The van der Waals surface area contributed by atoms with Crippen molar-refractivity contribution in [1.82, 2.24) is 25.4 Å². The Morgan fingerprint density at radius 3 is 2.49 bits per heavy atom. The van der Waals surface area contributed by atoms with E-state index in [1.807, 2.05) is 35.2 Å². The molecule has 0 unspecified atom stereocenters. The molecule has 1 spiro atoms. The lowest BCUT2D eigenvalue weighted by molar-refractivity contribution is -0.152. The number of rotatable bonds is 10. The Morgan fingerprint density at radius 2 is 1.87 bits per heavy atom. The number of nitrogens with zero attached hydrogens (tertiary/aromatic N) is 3. The van der Waals surface area contributed by atoms with Crippen LogP contribution in [0.4, 0.5) is 0 Å². The lowest BCUT2D eigenvalue weighted by atomic mass is 9.70. The molecule has 4 atom stereocenters. The van der Waals surface area contributed by atoms with E-state index in [1.165, 1.54) is 6.39 Å². The molecule has 2 saturated heterocycles. The van der Waals surface area contributed by atoms with Crippen LogP contribution < -0.4 is 10.6 Å². The van der Waals surface area contributed by atoms with Crippen molar-refractivity contribution in [2.45, 2.75) is 52.5 Å². The van der Waals surface area contributed by atoms with Gasteiger partial charge in [0.15, 0.2) is 6.39 Å². The molecule has 10 heteroatoms. The third-order valence-electron chi connectivity index (χ3n) is 8.68. The van der Waals surface area contributed by atoms with Crippen molar-refractivity contribution < 1.29 is 23.5 Å². The van der Waals surface area contributed by atoms with Gasteiger partial charge in [-0.05, 0) is 24.3 Å². The van der Waals surface area contributed by atoms with Crippen molar-refractivity contribution in [1.29, 1.82) is 0 Å². The first-order valence-electron chi connectivity index (χ1n) is 13.7. The third-order valence-corrected chi connectivity index (χ3v) is 8.68. The Morgan fingerprint density at radius 1 is 1.15 bits per heavy atom. The van der Waals surface area contributed by atoms with Gasteiger partial charge in [0, 0.05) is 44.6 Å². The van der Waals surface area contributed by atoms with Gasteiger partial charge in [-0.3, -0.25) is 19.3 Å². The summed E-state index contributed by atoms with van der Waals surface area (Å²) in [4.78, 5) is 47.8. The van der Waals surface area contributed by atoms with Crippen LogP contribution in [0.1, 0.15) is 38.5 Å². The molecule has 3 fully saturated rings. The van der Waals surface area contributed by atoms with Crippen LogP contribution in [-0.4, -0.2) is 77.9 Å². The minimum atomic E-state index is -0.850. The zero-order chi connectivity index (χ0) is 27.8. The Bertz CT molecular complexity index is 1180. The van der Waals surface area contributed by atoms with E-state index >= 15 is 0 Å². The van der Waals surface area contributed by atoms with Crippen LogP contribution in [0.25, 0.3) is 0 Å². The molecule has 10 nitrogen and oxygen atoms in total. The summed E-state index contributed by atoms with van der Waals surface area (Å²) in [5.74, 6) is 0.0850. The maximum Gasteiger partial charge on any atom is 0.245 e. The van der Waals surface area contributed by atoms with Crippen LogP contribution in [0.15, 0.2) is 47.3 Å². The number of carbonyl (C=O) groups is 3. The van der Waals surface area contributed by atoms with Gasteiger partial charge in [0.2, 0.25) is 17.7 Å². The Kier molecular flexibility index (Phi) is 7.52. The number of aromatic nitrogens is 1. The number of nitrogens with one attached hydrogen (secondary N) is 2. The standard InChI is InChI=1S/C29H39N5O5/c1-19(38-14-20-8-6-5-7-9-20)24(26(36)30-4)32-25(35)23-13-33(12-21-11-31-18-39-21)15-29(23)16-34(17-29)27(37)22-10-28(22,2)3/h5-9,11,18-19,22-24H,10,12-17H2,1-4H3,(H,30,36)(H,32,35)/t19-,22-,23+,24+/m1/s1. The molecule has 210 valence electrons. The van der Waals surface area contributed by atoms with Crippen LogP contribution in [0.2, 0.25) is 0 Å². The number of benzene rings is 1. The van der Waals surface area contributed by atoms with Crippen LogP contribution in [0.5, 0.6) is 0 Å². The minimum Gasteiger partial charge on any atom is -0.447 e. The lowest BCUT2D eigenvalue weighted by Crippen LogP contribution is -2.65. The SMILES string of the molecule is CNC(=O)[C@@H](NC(=O)[C@@H]1CN(Cc2cnco2)CC12CN(C(=O)[C@H]1CC1(C)C)C2)[C@@H](C)OCc1ccccc1. The van der Waals surface area contributed by atoms with Crippen molar-refractivity contribution in [3.8, 4) is 0 Å². The van der Waals surface area contributed by atoms with E-state index in [2.05, 4.69) is 34.4 Å². The zero-order valence-corrected chi connectivity index (χ0v) is 23.2. The first-order valence-corrected chi connectivity index (χ1v) is 13.7. The topological polar surface area (TPSA) is 117 Å². The van der Waals surface area contributed by atoms with Gasteiger partial charge >= 0.3 is 0 Å². The quantitative estimate of drug-likeness (QED) is 0.475. The molecule has 1 saturated carbocycles. The second-order valence-corrected chi connectivity index (χ2v) is 12.1. The Labute approximate surface area is 229 Å². The summed E-state index contributed by atoms with van der Waals surface area (Å²) in [6, 6.07) is 8.86. The largest absolute Gasteiger partial charge is 0.447 e. The minimum absolute atomic E-state index is 0.0568. The molecular weight excluding hydrogens is 498 g/mol. The van der Waals surface area contributed by atoms with Gasteiger partial charge in [0.1, 0.15) is 11.8 Å². The summed E-state index contributed by atoms with van der Waals surface area (Å²) >= 11 is 0. The molecule has 1 aromatic heterocycles. The molecule has 2 aromatic rings. The first kappa shape index (κ1) is 27.3. The highest BCUT2D eigenvalue weighted by molar-refractivity contribution is 5.90. The van der Waals surface area contributed by atoms with E-state index in [-0.39, 0.29) is 40.4 Å². The first-order chi connectivity index (χ1) is 18.6. The molecule has 5 rings (SSSR count). The van der Waals surface area contributed by atoms with Gasteiger partial charge in [-0.1, -0.05) is 44.2 Å². The van der Waals surface area contributed by atoms with Gasteiger partial charge in [-0.15, -0.1) is 0 Å². The number of hydrogen-bond donors (Lipinski definition) is 2. The predicted molar refractivity (Wildman–Crippen MR) is 143 cm³/mol. The molecule has 0 bridgehead atoms. The van der Waals surface area contributed by atoms with E-state index in [4.69, 9.17) is 9.15 Å². The van der Waals surface area contributed by atoms with Crippen molar-refractivity contribution in [2.24, 2.45) is 22.7 Å². The van der Waals surface area contributed by atoms with Gasteiger partial charge in [0.25, 0.3) is 0 Å². The molecule has 3 aliphatic rings. The van der Waals surface area contributed by atoms with Crippen molar-refractivity contribution in [2.75, 3.05) is 33.2 Å². The molecule has 1 aliphatic carbocycles. The van der Waals surface area contributed by atoms with Gasteiger partial charge in [0.05, 0.1) is 31.4 Å². The maximum atomic E-state index is 13.8. The molecule has 0 radical (unpaired) electrons. The van der Waals surface area contributed by atoms with Crippen LogP contribution in [-0.2, 0) is 32.3 Å². The highest BCUT2D eigenvalue weighted by atomic mass is 16.5. The summed E-state index contributed by atoms with van der Waals surface area (Å²) in [6.45, 7) is 9.14. The number of oxazole rings is 1. The van der Waals surface area contributed by atoms with E-state index in [1.54, 1.807) is 20.2 Å². The number of likely N-dealkylation sites (tertiary alicyclic amines) is 2. The summed E-state index contributed by atoms with van der Waals surface area (Å²) in [5, 5.41) is 5.66. The molecule has 39 heavy (non-hydrogen) atoms. The number of ether oxygens (including phenoxy) is 1. The van der Waals surface area contributed by atoms with E-state index in [0.717, 1.165) is 17.7 Å². The number of hydrogen-bond acceptors (Lipinski definition) is 7. The van der Waals surface area contributed by atoms with E-state index in [9.17, 15) is 14.4 Å². The molecule has 2 aliphatic heterocycles. The Hall–Kier alpha value is -3.24. The van der Waals surface area contributed by atoms with E-state index in [0.29, 0.717) is 39.3 Å². The molecular formula is C29H39N5O5. The molecule has 3 amide bonds. The maximum absolute atomic E-state index is 13.8. The number of carbonyl (C=O) groups excluding carboxylic acids is 3. The average Bonchev–Trinajstić information content (AvgIpc) is 3.23. The molecule has 3 heterocycles. The summed E-state index contributed by atoms with van der Waals surface area (Å²) in [5.41, 5.74) is 0.670. The van der Waals surface area contributed by atoms with Crippen LogP contribution in [0, 0.1) is 22.7 Å². The fourth-order valence-corrected chi connectivity index (χ4v) is 6.10. The van der Waals surface area contributed by atoms with Crippen LogP contribution in [0.3, 0.4) is 0 Å². The second-order valence-electron chi connectivity index (χ2n) is 12.1. The average molecular weight is 538 g/mol. The predicted octanol–water partition coefficient (Wildman–Crippen LogP) is 1.82. The summed E-state index contributed by atoms with van der Waals surface area (Å²) < 4.78 is 11.5. The molecule has 2 N–H and O–H groups in total. The summed E-state index contributed by atoms with van der Waals surface area (Å²) in [6.07, 6.45) is 3.44. The smallest absolute Gasteiger partial charge is 0.245 e.